The summed E-state index contributed by atoms with van der Waals surface area (Å²) < 4.78 is 5.45. The van der Waals surface area contributed by atoms with Crippen LogP contribution < -0.4 is 16.0 Å². The van der Waals surface area contributed by atoms with Gasteiger partial charge in [0, 0.05) is 43.0 Å². The molecular formula is C21H26N4O3. The van der Waals surface area contributed by atoms with Crippen LogP contribution in [0.2, 0.25) is 0 Å². The van der Waals surface area contributed by atoms with Gasteiger partial charge in [-0.3, -0.25) is 9.69 Å². The number of carbonyl (C=O) groups excluding carboxylic acids is 2. The molecule has 7 heteroatoms. The van der Waals surface area contributed by atoms with Crippen LogP contribution in [0.15, 0.2) is 60.1 Å². The molecule has 0 saturated heterocycles. The van der Waals surface area contributed by atoms with E-state index >= 15 is 0 Å². The first kappa shape index (κ1) is 19.7. The molecule has 3 rings (SSSR count). The zero-order valence-corrected chi connectivity index (χ0v) is 16.2. The number of carbonyl (C=O) groups is 2. The van der Waals surface area contributed by atoms with Crippen LogP contribution in [0, 0.1) is 0 Å². The van der Waals surface area contributed by atoms with Crippen LogP contribution in [-0.4, -0.2) is 42.6 Å². The summed E-state index contributed by atoms with van der Waals surface area (Å²) in [6.45, 7) is 5.68. The van der Waals surface area contributed by atoms with Gasteiger partial charge in [-0.05, 0) is 61.8 Å². The molecule has 0 bridgehead atoms. The number of amides is 3. The number of nitrogens with one attached hydrogen (secondary N) is 3. The highest BCUT2D eigenvalue weighted by molar-refractivity contribution is 5.95. The van der Waals surface area contributed by atoms with Crippen molar-refractivity contribution in [3.05, 3.63) is 65.7 Å². The maximum Gasteiger partial charge on any atom is 0.326 e. The molecule has 2 heterocycles. The predicted octanol–water partition coefficient (Wildman–Crippen LogP) is 2.96. The molecule has 2 aliphatic heterocycles. The van der Waals surface area contributed by atoms with Gasteiger partial charge >= 0.3 is 6.03 Å². The Kier molecular flexibility index (Phi) is 6.49. The van der Waals surface area contributed by atoms with Crippen molar-refractivity contribution in [3.63, 3.8) is 0 Å². The lowest BCUT2D eigenvalue weighted by atomic mass is 10.1. The second kappa shape index (κ2) is 9.23. The van der Waals surface area contributed by atoms with Crippen molar-refractivity contribution < 1.29 is 14.3 Å². The van der Waals surface area contributed by atoms with Crippen LogP contribution in [0.3, 0.4) is 0 Å². The van der Waals surface area contributed by atoms with Crippen LogP contribution in [0.25, 0.3) is 0 Å². The minimum Gasteiger partial charge on any atom is -0.379 e. The predicted molar refractivity (Wildman–Crippen MR) is 109 cm³/mol. The SMILES string of the molecule is CC(C)OCCCNC(=O)c1ccc(NC(=O)N2C=C3C=CNC=C3C2)cc1. The summed E-state index contributed by atoms with van der Waals surface area (Å²) in [7, 11) is 0. The number of hydrogen-bond donors (Lipinski definition) is 3. The van der Waals surface area contributed by atoms with E-state index in [1.807, 2.05) is 38.5 Å². The first-order valence-corrected chi connectivity index (χ1v) is 9.44. The second-order valence-corrected chi connectivity index (χ2v) is 6.92. The van der Waals surface area contributed by atoms with Crippen molar-refractivity contribution >= 4 is 17.6 Å². The Labute approximate surface area is 165 Å². The molecule has 3 amide bonds. The topological polar surface area (TPSA) is 82.7 Å². The highest BCUT2D eigenvalue weighted by Crippen LogP contribution is 2.24. The number of dihydropyridines is 1. The Bertz CT molecular complexity index is 809. The third kappa shape index (κ3) is 5.23. The van der Waals surface area contributed by atoms with Gasteiger partial charge in [-0.2, -0.15) is 0 Å². The summed E-state index contributed by atoms with van der Waals surface area (Å²) >= 11 is 0. The van der Waals surface area contributed by atoms with Crippen LogP contribution in [0.1, 0.15) is 30.6 Å². The fourth-order valence-electron chi connectivity index (χ4n) is 2.86. The van der Waals surface area contributed by atoms with E-state index < -0.39 is 0 Å². The van der Waals surface area contributed by atoms with E-state index in [2.05, 4.69) is 16.0 Å². The van der Waals surface area contributed by atoms with Gasteiger partial charge in [0.2, 0.25) is 0 Å². The maximum atomic E-state index is 12.4. The second-order valence-electron chi connectivity index (χ2n) is 6.92. The molecule has 7 nitrogen and oxygen atoms in total. The summed E-state index contributed by atoms with van der Waals surface area (Å²) in [5.41, 5.74) is 3.30. The number of hydrogen-bond acceptors (Lipinski definition) is 4. The Balaban J connectivity index is 1.46. The van der Waals surface area contributed by atoms with E-state index in [0.717, 1.165) is 17.6 Å². The van der Waals surface area contributed by atoms with E-state index in [-0.39, 0.29) is 18.0 Å². The first-order valence-electron chi connectivity index (χ1n) is 9.44. The van der Waals surface area contributed by atoms with Crippen molar-refractivity contribution in [3.8, 4) is 0 Å². The third-order valence-electron chi connectivity index (χ3n) is 4.34. The number of allylic oxidation sites excluding steroid dienone is 1. The van der Waals surface area contributed by atoms with Crippen LogP contribution in [0.4, 0.5) is 10.5 Å². The van der Waals surface area contributed by atoms with E-state index in [4.69, 9.17) is 4.74 Å². The van der Waals surface area contributed by atoms with Crippen LogP contribution >= 0.6 is 0 Å². The first-order chi connectivity index (χ1) is 13.5. The molecule has 0 aliphatic carbocycles. The van der Waals surface area contributed by atoms with E-state index in [9.17, 15) is 9.59 Å². The minimum atomic E-state index is -0.210. The van der Waals surface area contributed by atoms with Gasteiger partial charge in [-0.1, -0.05) is 0 Å². The quantitative estimate of drug-likeness (QED) is 0.633. The largest absolute Gasteiger partial charge is 0.379 e. The average molecular weight is 382 g/mol. The lowest BCUT2D eigenvalue weighted by Crippen LogP contribution is -2.29. The summed E-state index contributed by atoms with van der Waals surface area (Å²) in [5, 5.41) is 8.74. The molecule has 148 valence electrons. The summed E-state index contributed by atoms with van der Waals surface area (Å²) in [4.78, 5) is 26.2. The van der Waals surface area contributed by atoms with Crippen LogP contribution in [-0.2, 0) is 4.74 Å². The minimum absolute atomic E-state index is 0.137. The van der Waals surface area contributed by atoms with Crippen molar-refractivity contribution in [2.45, 2.75) is 26.4 Å². The van der Waals surface area contributed by atoms with Crippen molar-refractivity contribution in [1.82, 2.24) is 15.5 Å². The number of anilines is 1. The van der Waals surface area contributed by atoms with Gasteiger partial charge in [0.15, 0.2) is 0 Å². The van der Waals surface area contributed by atoms with Crippen molar-refractivity contribution in [1.29, 1.82) is 0 Å². The third-order valence-corrected chi connectivity index (χ3v) is 4.34. The molecular weight excluding hydrogens is 356 g/mol. The number of rotatable bonds is 7. The Morgan fingerprint density at radius 3 is 2.75 bits per heavy atom. The van der Waals surface area contributed by atoms with Gasteiger partial charge in [0.25, 0.3) is 5.91 Å². The number of urea groups is 1. The van der Waals surface area contributed by atoms with Gasteiger partial charge in [0.1, 0.15) is 0 Å². The molecule has 28 heavy (non-hydrogen) atoms. The van der Waals surface area contributed by atoms with Gasteiger partial charge < -0.3 is 20.7 Å². The van der Waals surface area contributed by atoms with E-state index in [1.54, 1.807) is 29.2 Å². The Hall–Kier alpha value is -3.06. The summed E-state index contributed by atoms with van der Waals surface area (Å²) in [6, 6.07) is 6.65. The molecule has 0 atom stereocenters. The van der Waals surface area contributed by atoms with Gasteiger partial charge in [-0.15, -0.1) is 0 Å². The van der Waals surface area contributed by atoms with E-state index in [1.165, 1.54) is 0 Å². The molecule has 0 spiro atoms. The zero-order valence-electron chi connectivity index (χ0n) is 16.2. The normalized spacial score (nSPS) is 14.9. The lowest BCUT2D eigenvalue weighted by molar-refractivity contribution is 0.0757. The van der Waals surface area contributed by atoms with Gasteiger partial charge in [0.05, 0.1) is 12.6 Å². The molecule has 0 aromatic heterocycles. The molecule has 0 fully saturated rings. The number of nitrogens with zero attached hydrogens (tertiary/aromatic N) is 1. The molecule has 0 unspecified atom stereocenters. The van der Waals surface area contributed by atoms with Gasteiger partial charge in [-0.25, -0.2) is 4.79 Å². The monoisotopic (exact) mass is 382 g/mol. The lowest BCUT2D eigenvalue weighted by Gasteiger charge is -2.15. The summed E-state index contributed by atoms with van der Waals surface area (Å²) in [6.07, 6.45) is 8.45. The molecule has 0 radical (unpaired) electrons. The fraction of sp³-hybridized carbons (Fsp3) is 0.333. The standard InChI is InChI=1S/C21H26N4O3/c1-15(2)28-11-3-9-23-20(26)16-4-6-19(7-5-16)24-21(27)25-13-17-8-10-22-12-18(17)14-25/h4-8,10,12-13,15,22H,3,9,11,14H2,1-2H3,(H,23,26)(H,24,27). The highest BCUT2D eigenvalue weighted by Gasteiger charge is 2.22. The zero-order chi connectivity index (χ0) is 19.9. The average Bonchev–Trinajstić information content (AvgIpc) is 3.12. The smallest absolute Gasteiger partial charge is 0.326 e. The molecule has 3 N–H and O–H groups in total. The van der Waals surface area contributed by atoms with Crippen LogP contribution in [0.5, 0.6) is 0 Å². The van der Waals surface area contributed by atoms with Crippen molar-refractivity contribution in [2.75, 3.05) is 25.0 Å². The highest BCUT2D eigenvalue weighted by atomic mass is 16.5. The molecule has 1 aromatic carbocycles. The number of fused-ring (bicyclic) bond motifs is 1. The number of benzene rings is 1. The molecule has 0 saturated carbocycles. The van der Waals surface area contributed by atoms with Crippen molar-refractivity contribution in [2.24, 2.45) is 0 Å². The van der Waals surface area contributed by atoms with E-state index in [0.29, 0.717) is 30.9 Å². The Morgan fingerprint density at radius 2 is 2.04 bits per heavy atom. The molecule has 1 aromatic rings. The fourth-order valence-corrected chi connectivity index (χ4v) is 2.86. The molecule has 2 aliphatic rings. The number of ether oxygens (including phenoxy) is 1. The Morgan fingerprint density at radius 1 is 1.25 bits per heavy atom. The summed E-state index contributed by atoms with van der Waals surface area (Å²) in [5.74, 6) is -0.137. The maximum absolute atomic E-state index is 12.4.